The number of amides is 1. The van der Waals surface area contributed by atoms with Crippen molar-refractivity contribution in [3.63, 3.8) is 0 Å². The largest absolute Gasteiger partial charge is 0.339 e. The van der Waals surface area contributed by atoms with Crippen LogP contribution in [0.4, 0.5) is 10.1 Å². The van der Waals surface area contributed by atoms with Crippen LogP contribution < -0.4 is 4.90 Å². The Bertz CT molecular complexity index is 1160. The van der Waals surface area contributed by atoms with Gasteiger partial charge in [0.25, 0.3) is 0 Å². The Labute approximate surface area is 189 Å². The first-order valence-electron chi connectivity index (χ1n) is 10.1. The summed E-state index contributed by atoms with van der Waals surface area (Å²) in [5, 5.41) is 4.54. The molecule has 6 nitrogen and oxygen atoms in total. The van der Waals surface area contributed by atoms with Gasteiger partial charge in [-0.25, -0.2) is 4.39 Å². The number of hydrogen-bond donors (Lipinski definition) is 0. The third-order valence-electron chi connectivity index (χ3n) is 4.84. The smallest absolute Gasteiger partial charge is 0.227 e. The lowest BCUT2D eigenvalue weighted by molar-refractivity contribution is -0.118. The molecule has 0 aliphatic rings. The summed E-state index contributed by atoms with van der Waals surface area (Å²) in [7, 11) is 0. The van der Waals surface area contributed by atoms with Crippen LogP contribution in [-0.2, 0) is 17.8 Å². The Hall–Kier alpha value is -3.58. The second kappa shape index (κ2) is 10.2. The topological polar surface area (TPSA) is 72.1 Å². The fourth-order valence-corrected chi connectivity index (χ4v) is 3.32. The van der Waals surface area contributed by atoms with Crippen LogP contribution in [-0.4, -0.2) is 21.0 Å². The molecule has 2 aromatic carbocycles. The Kier molecular flexibility index (Phi) is 6.87. The molecule has 0 aliphatic heterocycles. The van der Waals surface area contributed by atoms with E-state index in [2.05, 4.69) is 15.1 Å². The Balaban J connectivity index is 1.40. The van der Waals surface area contributed by atoms with Crippen molar-refractivity contribution in [2.75, 3.05) is 4.90 Å². The van der Waals surface area contributed by atoms with Gasteiger partial charge in [0.05, 0.1) is 12.2 Å². The fraction of sp³-hybridized carbons (Fsp3) is 0.167. The lowest BCUT2D eigenvalue weighted by Gasteiger charge is -2.22. The zero-order valence-corrected chi connectivity index (χ0v) is 17.9. The van der Waals surface area contributed by atoms with Crippen LogP contribution in [0.3, 0.4) is 0 Å². The normalized spacial score (nSPS) is 10.8. The maximum atomic E-state index is 13.1. The molecule has 8 heteroatoms. The lowest BCUT2D eigenvalue weighted by Crippen LogP contribution is -2.30. The van der Waals surface area contributed by atoms with Gasteiger partial charge in [-0.2, -0.15) is 4.98 Å². The summed E-state index contributed by atoms with van der Waals surface area (Å²) in [5.74, 6) is 0.451. The van der Waals surface area contributed by atoms with Crippen molar-refractivity contribution in [1.29, 1.82) is 0 Å². The molecule has 32 heavy (non-hydrogen) atoms. The molecule has 1 amide bonds. The summed E-state index contributed by atoms with van der Waals surface area (Å²) in [4.78, 5) is 23.4. The number of hydrogen-bond acceptors (Lipinski definition) is 5. The number of anilines is 1. The van der Waals surface area contributed by atoms with Gasteiger partial charge in [0.15, 0.2) is 0 Å². The Morgan fingerprint density at radius 2 is 1.81 bits per heavy atom. The average Bonchev–Trinajstić information content (AvgIpc) is 3.28. The molecule has 0 atom stereocenters. The van der Waals surface area contributed by atoms with Gasteiger partial charge in [-0.15, -0.1) is 0 Å². The van der Waals surface area contributed by atoms with Gasteiger partial charge in [0.1, 0.15) is 5.82 Å². The highest BCUT2D eigenvalue weighted by atomic mass is 35.5. The van der Waals surface area contributed by atoms with Gasteiger partial charge >= 0.3 is 0 Å². The minimum Gasteiger partial charge on any atom is -0.339 e. The highest BCUT2D eigenvalue weighted by Crippen LogP contribution is 2.22. The molecule has 4 aromatic rings. The van der Waals surface area contributed by atoms with E-state index in [1.165, 1.54) is 12.1 Å². The number of aryl methyl sites for hydroxylation is 1. The van der Waals surface area contributed by atoms with Gasteiger partial charge < -0.3 is 9.42 Å². The average molecular weight is 451 g/mol. The van der Waals surface area contributed by atoms with E-state index in [0.29, 0.717) is 48.1 Å². The molecule has 0 radical (unpaired) electrons. The molecule has 4 rings (SSSR count). The Morgan fingerprint density at radius 1 is 1.03 bits per heavy atom. The zero-order valence-electron chi connectivity index (χ0n) is 17.1. The van der Waals surface area contributed by atoms with E-state index in [9.17, 15) is 9.18 Å². The van der Waals surface area contributed by atoms with Crippen molar-refractivity contribution in [2.45, 2.75) is 25.8 Å². The van der Waals surface area contributed by atoms with Crippen molar-refractivity contribution < 1.29 is 13.7 Å². The first-order chi connectivity index (χ1) is 15.6. The van der Waals surface area contributed by atoms with E-state index in [1.54, 1.807) is 35.4 Å². The number of halogens is 2. The van der Waals surface area contributed by atoms with Gasteiger partial charge in [-0.1, -0.05) is 22.8 Å². The number of nitrogens with zero attached hydrogens (tertiary/aromatic N) is 4. The number of benzene rings is 2. The highest BCUT2D eigenvalue weighted by molar-refractivity contribution is 6.30. The first kappa shape index (κ1) is 21.6. The Morgan fingerprint density at radius 3 is 2.53 bits per heavy atom. The van der Waals surface area contributed by atoms with Crippen LogP contribution in [0, 0.1) is 5.82 Å². The third-order valence-corrected chi connectivity index (χ3v) is 5.09. The molecule has 2 aromatic heterocycles. The minimum atomic E-state index is -0.327. The van der Waals surface area contributed by atoms with Crippen LogP contribution in [0.5, 0.6) is 0 Å². The molecule has 0 unspecified atom stereocenters. The first-order valence-corrected chi connectivity index (χ1v) is 10.5. The standard InChI is InChI=1S/C24H20ClFN4O2/c25-18-9-13-21(14-10-18)30(16-20-4-1-2-15-27-20)23(31)6-3-5-22-28-24(29-32-22)17-7-11-19(26)12-8-17/h1-2,4,7-15H,3,5-6,16H2. The number of pyridine rings is 1. The number of carbonyl (C=O) groups excluding carboxylic acids is 1. The molecular formula is C24H20ClFN4O2. The number of aromatic nitrogens is 3. The fourth-order valence-electron chi connectivity index (χ4n) is 3.20. The van der Waals surface area contributed by atoms with Gasteiger partial charge in [0, 0.05) is 35.3 Å². The van der Waals surface area contributed by atoms with Gasteiger partial charge in [-0.05, 0) is 67.1 Å². The molecule has 0 N–H and O–H groups in total. The second-order valence-corrected chi connectivity index (χ2v) is 7.59. The zero-order chi connectivity index (χ0) is 22.3. The molecule has 0 aliphatic carbocycles. The lowest BCUT2D eigenvalue weighted by atomic mass is 10.2. The molecule has 0 fully saturated rings. The van der Waals surface area contributed by atoms with Gasteiger partial charge in [0.2, 0.25) is 17.6 Å². The number of carbonyl (C=O) groups is 1. The minimum absolute atomic E-state index is 0.0451. The SMILES string of the molecule is O=C(CCCc1nc(-c2ccc(F)cc2)no1)N(Cc1ccccn1)c1ccc(Cl)cc1. The van der Waals surface area contributed by atoms with Crippen molar-refractivity contribution >= 4 is 23.2 Å². The van der Waals surface area contributed by atoms with Crippen LogP contribution in [0.1, 0.15) is 24.4 Å². The summed E-state index contributed by atoms with van der Waals surface area (Å²) in [6, 6.07) is 18.6. The van der Waals surface area contributed by atoms with E-state index >= 15 is 0 Å². The van der Waals surface area contributed by atoms with E-state index in [0.717, 1.165) is 11.4 Å². The van der Waals surface area contributed by atoms with E-state index in [1.807, 2.05) is 30.3 Å². The summed E-state index contributed by atoms with van der Waals surface area (Å²) >= 11 is 6.00. The van der Waals surface area contributed by atoms with Crippen LogP contribution >= 0.6 is 11.6 Å². The van der Waals surface area contributed by atoms with Crippen LogP contribution in [0.2, 0.25) is 5.02 Å². The van der Waals surface area contributed by atoms with E-state index < -0.39 is 0 Å². The molecule has 2 heterocycles. The highest BCUT2D eigenvalue weighted by Gasteiger charge is 2.17. The second-order valence-electron chi connectivity index (χ2n) is 7.15. The summed E-state index contributed by atoms with van der Waals surface area (Å²) < 4.78 is 18.4. The monoisotopic (exact) mass is 450 g/mol. The number of rotatable bonds is 8. The van der Waals surface area contributed by atoms with Crippen LogP contribution in [0.25, 0.3) is 11.4 Å². The molecule has 0 bridgehead atoms. The van der Waals surface area contributed by atoms with Crippen molar-refractivity contribution in [3.05, 3.63) is 95.4 Å². The van der Waals surface area contributed by atoms with Crippen molar-refractivity contribution in [1.82, 2.24) is 15.1 Å². The molecular weight excluding hydrogens is 431 g/mol. The molecule has 0 saturated carbocycles. The van der Waals surface area contributed by atoms with E-state index in [4.69, 9.17) is 16.1 Å². The van der Waals surface area contributed by atoms with E-state index in [-0.39, 0.29) is 11.7 Å². The van der Waals surface area contributed by atoms with Crippen LogP contribution in [0.15, 0.2) is 77.4 Å². The maximum Gasteiger partial charge on any atom is 0.227 e. The van der Waals surface area contributed by atoms with Gasteiger partial charge in [-0.3, -0.25) is 9.78 Å². The maximum absolute atomic E-state index is 13.1. The predicted octanol–water partition coefficient (Wildman–Crippen LogP) is 5.48. The predicted molar refractivity (Wildman–Crippen MR) is 120 cm³/mol. The van der Waals surface area contributed by atoms with Crippen molar-refractivity contribution in [2.24, 2.45) is 0 Å². The molecule has 0 saturated heterocycles. The summed E-state index contributed by atoms with van der Waals surface area (Å²) in [6.45, 7) is 0.358. The molecule has 0 spiro atoms. The van der Waals surface area contributed by atoms with Crippen molar-refractivity contribution in [3.8, 4) is 11.4 Å². The third kappa shape index (κ3) is 5.56. The summed E-state index contributed by atoms with van der Waals surface area (Å²) in [6.07, 6.45) is 2.99. The molecule has 162 valence electrons. The summed E-state index contributed by atoms with van der Waals surface area (Å²) in [5.41, 5.74) is 2.21. The quantitative estimate of drug-likeness (QED) is 0.355.